The maximum Gasteiger partial charge on any atom is 0.228 e. The number of hydrogen-bond donors (Lipinski definition) is 2. The fourth-order valence-corrected chi connectivity index (χ4v) is 4.33. The monoisotopic (exact) mass is 366 g/mol. The summed E-state index contributed by atoms with van der Waals surface area (Å²) in [6.45, 7) is 0. The molecule has 0 unspecified atom stereocenters. The van der Waals surface area contributed by atoms with Crippen molar-refractivity contribution in [3.63, 3.8) is 0 Å². The summed E-state index contributed by atoms with van der Waals surface area (Å²) < 4.78 is 13.4. The Morgan fingerprint density at radius 1 is 1.07 bits per heavy atom. The van der Waals surface area contributed by atoms with Gasteiger partial charge in [0.1, 0.15) is 5.82 Å². The molecule has 1 aliphatic carbocycles. The second kappa shape index (κ2) is 7.51. The largest absolute Gasteiger partial charge is 0.348 e. The first-order valence-corrected chi connectivity index (χ1v) is 9.56. The van der Waals surface area contributed by atoms with Gasteiger partial charge < -0.3 is 10.6 Å². The maximum atomic E-state index is 13.4. The zero-order chi connectivity index (χ0) is 18.8. The molecule has 1 fully saturated rings. The predicted molar refractivity (Wildman–Crippen MR) is 102 cm³/mol. The van der Waals surface area contributed by atoms with Gasteiger partial charge in [0.05, 0.1) is 12.0 Å². The van der Waals surface area contributed by atoms with Crippen molar-refractivity contribution >= 4 is 17.5 Å². The number of rotatable bonds is 4. The van der Waals surface area contributed by atoms with Crippen molar-refractivity contribution in [1.82, 2.24) is 5.32 Å². The molecule has 2 aliphatic rings. The molecule has 0 aromatic heterocycles. The van der Waals surface area contributed by atoms with Crippen LogP contribution in [0.3, 0.4) is 0 Å². The van der Waals surface area contributed by atoms with Crippen LogP contribution in [0.5, 0.6) is 0 Å². The lowest BCUT2D eigenvalue weighted by Gasteiger charge is -2.30. The van der Waals surface area contributed by atoms with Crippen molar-refractivity contribution in [3.05, 3.63) is 65.5 Å². The Kier molecular flexibility index (Phi) is 4.92. The molecule has 2 N–H and O–H groups in total. The van der Waals surface area contributed by atoms with Crippen LogP contribution in [0.4, 0.5) is 10.1 Å². The SMILES string of the molecule is O=C1C[C@H](C(=O)N[C@@H](c2ccc(F)cc2)C2CCCC2)c2ccccc2N1. The average Bonchev–Trinajstić information content (AvgIpc) is 3.20. The first-order valence-electron chi connectivity index (χ1n) is 9.56. The number of anilines is 1. The highest BCUT2D eigenvalue weighted by atomic mass is 19.1. The average molecular weight is 366 g/mol. The van der Waals surface area contributed by atoms with Gasteiger partial charge in [0.25, 0.3) is 0 Å². The van der Waals surface area contributed by atoms with Crippen LogP contribution in [0.15, 0.2) is 48.5 Å². The Morgan fingerprint density at radius 3 is 2.52 bits per heavy atom. The summed E-state index contributed by atoms with van der Waals surface area (Å²) in [4.78, 5) is 25.2. The van der Waals surface area contributed by atoms with Gasteiger partial charge in [0, 0.05) is 12.1 Å². The summed E-state index contributed by atoms with van der Waals surface area (Å²) in [7, 11) is 0. The van der Waals surface area contributed by atoms with E-state index in [0.717, 1.165) is 36.8 Å². The van der Waals surface area contributed by atoms with Crippen molar-refractivity contribution < 1.29 is 14.0 Å². The van der Waals surface area contributed by atoms with Gasteiger partial charge in [-0.1, -0.05) is 43.2 Å². The van der Waals surface area contributed by atoms with Gasteiger partial charge >= 0.3 is 0 Å². The van der Waals surface area contributed by atoms with E-state index in [-0.39, 0.29) is 30.1 Å². The molecule has 5 heteroatoms. The fraction of sp³-hybridized carbons (Fsp3) is 0.364. The molecule has 140 valence electrons. The number of amides is 2. The molecule has 1 aliphatic heterocycles. The van der Waals surface area contributed by atoms with Crippen LogP contribution in [0.1, 0.15) is 55.2 Å². The van der Waals surface area contributed by atoms with Crippen molar-refractivity contribution in [2.24, 2.45) is 5.92 Å². The van der Waals surface area contributed by atoms with Crippen LogP contribution >= 0.6 is 0 Å². The van der Waals surface area contributed by atoms with Gasteiger partial charge in [0.15, 0.2) is 0 Å². The molecule has 4 rings (SSSR count). The highest BCUT2D eigenvalue weighted by Gasteiger charge is 2.34. The zero-order valence-electron chi connectivity index (χ0n) is 15.1. The lowest BCUT2D eigenvalue weighted by molar-refractivity contribution is -0.127. The minimum absolute atomic E-state index is 0.140. The molecule has 0 radical (unpaired) electrons. The minimum Gasteiger partial charge on any atom is -0.348 e. The maximum absolute atomic E-state index is 13.4. The van der Waals surface area contributed by atoms with Crippen molar-refractivity contribution in [3.8, 4) is 0 Å². The molecule has 1 saturated carbocycles. The van der Waals surface area contributed by atoms with Crippen LogP contribution in [0, 0.1) is 11.7 Å². The fourth-order valence-electron chi connectivity index (χ4n) is 4.33. The topological polar surface area (TPSA) is 58.2 Å². The Labute approximate surface area is 158 Å². The van der Waals surface area contributed by atoms with E-state index >= 15 is 0 Å². The number of para-hydroxylation sites is 1. The number of carbonyl (C=O) groups excluding carboxylic acids is 2. The number of nitrogens with one attached hydrogen (secondary N) is 2. The van der Waals surface area contributed by atoms with Gasteiger partial charge in [-0.3, -0.25) is 9.59 Å². The van der Waals surface area contributed by atoms with E-state index in [1.165, 1.54) is 12.1 Å². The summed E-state index contributed by atoms with van der Waals surface area (Å²) in [6, 6.07) is 13.7. The normalized spacial score (nSPS) is 20.6. The molecule has 1 heterocycles. The third-order valence-corrected chi connectivity index (χ3v) is 5.71. The Hall–Kier alpha value is -2.69. The number of fused-ring (bicyclic) bond motifs is 1. The van der Waals surface area contributed by atoms with Crippen LogP contribution in [0.2, 0.25) is 0 Å². The minimum atomic E-state index is -0.501. The summed E-state index contributed by atoms with van der Waals surface area (Å²) in [5, 5.41) is 6.01. The van der Waals surface area contributed by atoms with E-state index in [1.807, 2.05) is 24.3 Å². The van der Waals surface area contributed by atoms with E-state index < -0.39 is 5.92 Å². The first kappa shape index (κ1) is 17.7. The molecule has 0 spiro atoms. The third kappa shape index (κ3) is 3.72. The summed E-state index contributed by atoms with van der Waals surface area (Å²) in [6.07, 6.45) is 4.53. The highest BCUT2D eigenvalue weighted by molar-refractivity contribution is 6.01. The van der Waals surface area contributed by atoms with Crippen LogP contribution in [0.25, 0.3) is 0 Å². The predicted octanol–water partition coefficient (Wildman–Crippen LogP) is 4.30. The standard InChI is InChI=1S/C22H23FN2O2/c23-16-11-9-15(10-12-16)21(14-5-1-2-6-14)25-22(27)18-13-20(26)24-19-8-4-3-7-17(18)19/h3-4,7-12,14,18,21H,1-2,5-6,13H2,(H,24,26)(H,25,27)/t18-,21+/m0/s1. The van der Waals surface area contributed by atoms with Crippen molar-refractivity contribution in [2.75, 3.05) is 5.32 Å². The van der Waals surface area contributed by atoms with Crippen molar-refractivity contribution in [2.45, 2.75) is 44.1 Å². The molecule has 4 nitrogen and oxygen atoms in total. The van der Waals surface area contributed by atoms with E-state index in [9.17, 15) is 14.0 Å². The molecule has 2 aromatic carbocycles. The molecular formula is C22H23FN2O2. The second-order valence-corrected chi connectivity index (χ2v) is 7.47. The molecule has 2 aromatic rings. The van der Waals surface area contributed by atoms with E-state index in [4.69, 9.17) is 0 Å². The summed E-state index contributed by atoms with van der Waals surface area (Å²) in [5.74, 6) is -0.730. The quantitative estimate of drug-likeness (QED) is 0.848. The van der Waals surface area contributed by atoms with Crippen LogP contribution in [-0.2, 0) is 9.59 Å². The van der Waals surface area contributed by atoms with E-state index in [1.54, 1.807) is 12.1 Å². The number of hydrogen-bond acceptors (Lipinski definition) is 2. The Morgan fingerprint density at radius 2 is 1.78 bits per heavy atom. The smallest absolute Gasteiger partial charge is 0.228 e. The molecule has 2 amide bonds. The molecule has 0 saturated heterocycles. The van der Waals surface area contributed by atoms with E-state index in [0.29, 0.717) is 11.6 Å². The third-order valence-electron chi connectivity index (χ3n) is 5.71. The Bertz CT molecular complexity index is 844. The summed E-state index contributed by atoms with van der Waals surface area (Å²) >= 11 is 0. The molecule has 2 atom stereocenters. The van der Waals surface area contributed by atoms with Gasteiger partial charge in [-0.2, -0.15) is 0 Å². The molecule has 27 heavy (non-hydrogen) atoms. The Balaban J connectivity index is 1.60. The number of benzene rings is 2. The number of carbonyl (C=O) groups is 2. The highest BCUT2D eigenvalue weighted by Crippen LogP contribution is 2.38. The van der Waals surface area contributed by atoms with Gasteiger partial charge in [-0.15, -0.1) is 0 Å². The lowest BCUT2D eigenvalue weighted by atomic mass is 9.87. The second-order valence-electron chi connectivity index (χ2n) is 7.47. The van der Waals surface area contributed by atoms with Gasteiger partial charge in [-0.25, -0.2) is 4.39 Å². The first-order chi connectivity index (χ1) is 13.1. The van der Waals surface area contributed by atoms with E-state index in [2.05, 4.69) is 10.6 Å². The number of halogens is 1. The lowest BCUT2D eigenvalue weighted by Crippen LogP contribution is -2.39. The molecule has 0 bridgehead atoms. The summed E-state index contributed by atoms with van der Waals surface area (Å²) in [5.41, 5.74) is 2.47. The van der Waals surface area contributed by atoms with Gasteiger partial charge in [0.2, 0.25) is 11.8 Å². The van der Waals surface area contributed by atoms with Crippen LogP contribution < -0.4 is 10.6 Å². The van der Waals surface area contributed by atoms with Gasteiger partial charge in [-0.05, 0) is 48.1 Å². The van der Waals surface area contributed by atoms with Crippen LogP contribution in [-0.4, -0.2) is 11.8 Å². The molecular weight excluding hydrogens is 343 g/mol. The van der Waals surface area contributed by atoms with Crippen molar-refractivity contribution in [1.29, 1.82) is 0 Å². The zero-order valence-corrected chi connectivity index (χ0v) is 15.1.